The van der Waals surface area contributed by atoms with Crippen molar-refractivity contribution in [1.29, 1.82) is 0 Å². The van der Waals surface area contributed by atoms with Crippen LogP contribution < -0.4 is 10.3 Å². The molecule has 0 radical (unpaired) electrons. The number of nitrogens with zero attached hydrogens (tertiary/aromatic N) is 5. The molecular weight excluding hydrogens is 464 g/mol. The largest absolute Gasteiger partial charge is 0.496 e. The van der Waals surface area contributed by atoms with E-state index < -0.39 is 0 Å². The zero-order valence-corrected chi connectivity index (χ0v) is 22.2. The third-order valence-corrected chi connectivity index (χ3v) is 7.62. The van der Waals surface area contributed by atoms with Gasteiger partial charge in [0.25, 0.3) is 5.56 Å². The number of hydrogen-bond acceptors (Lipinski definition) is 6. The van der Waals surface area contributed by atoms with Crippen molar-refractivity contribution in [2.45, 2.75) is 78.0 Å². The molecular formula is C29H36N6O2. The molecule has 1 aliphatic carbocycles. The Labute approximate surface area is 217 Å². The highest BCUT2D eigenvalue weighted by molar-refractivity contribution is 5.82. The van der Waals surface area contributed by atoms with Gasteiger partial charge in [0.1, 0.15) is 5.75 Å². The van der Waals surface area contributed by atoms with Crippen molar-refractivity contribution < 1.29 is 4.74 Å². The predicted octanol–water partition coefficient (Wildman–Crippen LogP) is 5.41. The monoisotopic (exact) mass is 500 g/mol. The molecule has 5 rings (SSSR count). The maximum atomic E-state index is 13.3. The lowest BCUT2D eigenvalue weighted by Gasteiger charge is -2.31. The molecule has 0 saturated heterocycles. The van der Waals surface area contributed by atoms with Gasteiger partial charge in [-0.1, -0.05) is 49.6 Å². The highest BCUT2D eigenvalue weighted by atomic mass is 16.5. The summed E-state index contributed by atoms with van der Waals surface area (Å²) in [6.07, 6.45) is 5.42. The molecule has 2 heterocycles. The van der Waals surface area contributed by atoms with Crippen LogP contribution in [0.1, 0.15) is 79.2 Å². The van der Waals surface area contributed by atoms with E-state index in [2.05, 4.69) is 57.5 Å². The average Bonchev–Trinajstić information content (AvgIpc) is 3.58. The van der Waals surface area contributed by atoms with Crippen LogP contribution in [0.15, 0.2) is 47.3 Å². The lowest BCUT2D eigenvalue weighted by atomic mass is 10.0. The van der Waals surface area contributed by atoms with Crippen LogP contribution in [0.4, 0.5) is 0 Å². The van der Waals surface area contributed by atoms with Gasteiger partial charge in [-0.2, -0.15) is 0 Å². The number of fused-ring (bicyclic) bond motifs is 1. The van der Waals surface area contributed by atoms with E-state index in [9.17, 15) is 4.79 Å². The number of ether oxygens (including phenoxy) is 1. The van der Waals surface area contributed by atoms with E-state index in [1.165, 1.54) is 18.4 Å². The normalized spacial score (nSPS) is 15.1. The first-order valence-electron chi connectivity index (χ1n) is 13.2. The molecule has 1 atom stereocenters. The number of aryl methyl sites for hydroxylation is 2. The maximum Gasteiger partial charge on any atom is 0.252 e. The van der Waals surface area contributed by atoms with E-state index in [0.29, 0.717) is 19.1 Å². The summed E-state index contributed by atoms with van der Waals surface area (Å²) in [6.45, 7) is 7.34. The molecule has 194 valence electrons. The summed E-state index contributed by atoms with van der Waals surface area (Å²) >= 11 is 0. The number of nitrogens with one attached hydrogen (secondary N) is 1. The molecule has 2 aromatic heterocycles. The fourth-order valence-electron chi connectivity index (χ4n) is 5.83. The van der Waals surface area contributed by atoms with E-state index in [4.69, 9.17) is 4.74 Å². The maximum absolute atomic E-state index is 13.3. The second kappa shape index (κ2) is 10.8. The van der Waals surface area contributed by atoms with Gasteiger partial charge >= 0.3 is 0 Å². The van der Waals surface area contributed by atoms with Crippen molar-refractivity contribution in [2.24, 2.45) is 0 Å². The van der Waals surface area contributed by atoms with Gasteiger partial charge in [-0.05, 0) is 72.7 Å². The van der Waals surface area contributed by atoms with E-state index >= 15 is 0 Å². The standard InChI is InChI=1S/C29H36N6O2/c1-5-25(28-31-32-33-35(28)24-11-7-8-12-24)34(17-21-10-6-9-13-26(21)37-4)18-23-16-22-15-19(2)14-20(3)27(22)30-29(23)36/h6,9-10,13-16,24-25H,5,7-8,11-12,17-18H2,1-4H3,(H,30,36). The van der Waals surface area contributed by atoms with Gasteiger partial charge in [-0.25, -0.2) is 4.68 Å². The van der Waals surface area contributed by atoms with Crippen LogP contribution in [0.3, 0.4) is 0 Å². The first kappa shape index (κ1) is 25.1. The third kappa shape index (κ3) is 5.16. The Morgan fingerprint density at radius 2 is 1.86 bits per heavy atom. The summed E-state index contributed by atoms with van der Waals surface area (Å²) < 4.78 is 7.71. The Balaban J connectivity index is 1.57. The molecule has 1 unspecified atom stereocenters. The minimum atomic E-state index is -0.0604. The number of rotatable bonds is 9. The molecule has 0 amide bonds. The Bertz CT molecular complexity index is 1440. The van der Waals surface area contributed by atoms with Gasteiger partial charge in [0.15, 0.2) is 5.82 Å². The summed E-state index contributed by atoms with van der Waals surface area (Å²) in [7, 11) is 1.69. The fraction of sp³-hybridized carbons (Fsp3) is 0.448. The molecule has 1 fully saturated rings. The quantitative estimate of drug-likeness (QED) is 0.331. The van der Waals surface area contributed by atoms with Gasteiger partial charge in [-0.3, -0.25) is 9.69 Å². The zero-order valence-electron chi connectivity index (χ0n) is 22.2. The second-order valence-electron chi connectivity index (χ2n) is 10.2. The molecule has 0 bridgehead atoms. The minimum Gasteiger partial charge on any atom is -0.496 e. The number of para-hydroxylation sites is 1. The van der Waals surface area contributed by atoms with Crippen molar-refractivity contribution in [1.82, 2.24) is 30.1 Å². The number of methoxy groups -OCH3 is 1. The summed E-state index contributed by atoms with van der Waals surface area (Å²) in [4.78, 5) is 18.8. The zero-order chi connectivity index (χ0) is 25.9. The molecule has 0 aliphatic heterocycles. The van der Waals surface area contributed by atoms with Crippen LogP contribution >= 0.6 is 0 Å². The Morgan fingerprint density at radius 1 is 1.11 bits per heavy atom. The smallest absolute Gasteiger partial charge is 0.252 e. The number of H-pyrrole nitrogens is 1. The lowest BCUT2D eigenvalue weighted by molar-refractivity contribution is 0.156. The Hall–Kier alpha value is -3.52. The van der Waals surface area contributed by atoms with Gasteiger partial charge < -0.3 is 9.72 Å². The molecule has 1 saturated carbocycles. The van der Waals surface area contributed by atoms with Gasteiger partial charge in [-0.15, -0.1) is 5.10 Å². The lowest BCUT2D eigenvalue weighted by Crippen LogP contribution is -2.33. The van der Waals surface area contributed by atoms with E-state index in [0.717, 1.165) is 58.4 Å². The van der Waals surface area contributed by atoms with E-state index in [1.807, 2.05) is 35.9 Å². The molecule has 8 nitrogen and oxygen atoms in total. The second-order valence-corrected chi connectivity index (χ2v) is 10.2. The molecule has 1 N–H and O–H groups in total. The van der Waals surface area contributed by atoms with Crippen molar-refractivity contribution in [2.75, 3.05) is 7.11 Å². The van der Waals surface area contributed by atoms with E-state index in [-0.39, 0.29) is 11.6 Å². The van der Waals surface area contributed by atoms with Crippen molar-refractivity contribution >= 4 is 10.9 Å². The molecule has 8 heteroatoms. The Morgan fingerprint density at radius 3 is 2.62 bits per heavy atom. The summed E-state index contributed by atoms with van der Waals surface area (Å²) in [5.41, 5.74) is 4.88. The summed E-state index contributed by atoms with van der Waals surface area (Å²) in [5.74, 6) is 1.70. The van der Waals surface area contributed by atoms with Crippen molar-refractivity contribution in [3.8, 4) is 5.75 Å². The number of aromatic nitrogens is 5. The molecule has 0 spiro atoms. The Kier molecular flexibility index (Phi) is 7.37. The predicted molar refractivity (Wildman–Crippen MR) is 145 cm³/mol. The van der Waals surface area contributed by atoms with Crippen LogP contribution in [0, 0.1) is 13.8 Å². The number of pyridine rings is 1. The highest BCUT2D eigenvalue weighted by Gasteiger charge is 2.30. The summed E-state index contributed by atoms with van der Waals surface area (Å²) in [6, 6.07) is 14.6. The average molecular weight is 501 g/mol. The molecule has 37 heavy (non-hydrogen) atoms. The van der Waals surface area contributed by atoms with Gasteiger partial charge in [0.2, 0.25) is 0 Å². The third-order valence-electron chi connectivity index (χ3n) is 7.62. The SMILES string of the molecule is CCC(c1nnnn1C1CCCC1)N(Cc1ccccc1OC)Cc1cc2cc(C)cc(C)c2[nH]c1=O. The fourth-order valence-corrected chi connectivity index (χ4v) is 5.83. The number of benzene rings is 2. The minimum absolute atomic E-state index is 0.0603. The number of aromatic amines is 1. The van der Waals surface area contributed by atoms with Gasteiger partial charge in [0.05, 0.1) is 24.7 Å². The first-order chi connectivity index (χ1) is 18.0. The van der Waals surface area contributed by atoms with Gasteiger partial charge in [0, 0.05) is 24.2 Å². The number of tetrazole rings is 1. The molecule has 2 aromatic carbocycles. The molecule has 1 aliphatic rings. The first-order valence-corrected chi connectivity index (χ1v) is 13.2. The van der Waals surface area contributed by atoms with Crippen molar-refractivity contribution in [3.63, 3.8) is 0 Å². The number of hydrogen-bond donors (Lipinski definition) is 1. The van der Waals surface area contributed by atoms with Crippen LogP contribution in [-0.4, -0.2) is 37.2 Å². The highest BCUT2D eigenvalue weighted by Crippen LogP contribution is 2.34. The van der Waals surface area contributed by atoms with Crippen LogP contribution in [0.2, 0.25) is 0 Å². The van der Waals surface area contributed by atoms with E-state index in [1.54, 1.807) is 7.11 Å². The topological polar surface area (TPSA) is 88.9 Å². The molecule has 4 aromatic rings. The van der Waals surface area contributed by atoms with Crippen LogP contribution in [0.5, 0.6) is 5.75 Å². The van der Waals surface area contributed by atoms with Crippen LogP contribution in [-0.2, 0) is 13.1 Å². The van der Waals surface area contributed by atoms with Crippen molar-refractivity contribution in [3.05, 3.63) is 80.9 Å². The summed E-state index contributed by atoms with van der Waals surface area (Å²) in [5, 5.41) is 14.1. The van der Waals surface area contributed by atoms with Crippen LogP contribution in [0.25, 0.3) is 10.9 Å².